The van der Waals surface area contributed by atoms with Crippen molar-refractivity contribution in [1.82, 2.24) is 5.16 Å². The Morgan fingerprint density at radius 3 is 2.20 bits per heavy atom. The molecule has 20 heavy (non-hydrogen) atoms. The van der Waals surface area contributed by atoms with Gasteiger partial charge in [0.1, 0.15) is 5.76 Å². The van der Waals surface area contributed by atoms with Gasteiger partial charge in [-0.15, -0.1) is 0 Å². The second-order valence-corrected chi connectivity index (χ2v) is 7.93. The number of aryl methyl sites for hydroxylation is 1. The first-order valence-electron chi connectivity index (χ1n) is 6.60. The van der Waals surface area contributed by atoms with Gasteiger partial charge >= 0.3 is 0 Å². The first-order valence-corrected chi connectivity index (χ1v) is 8.43. The Bertz CT molecular complexity index is 585. The quantitative estimate of drug-likeness (QED) is 0.533. The number of fused-ring (bicyclic) bond motifs is 5. The maximum absolute atomic E-state index is 12.6. The molecule has 0 aromatic carbocycles. The first kappa shape index (κ1) is 13.0. The number of hydrogen-bond acceptors (Lipinski definition) is 4. The molecule has 1 aromatic rings. The van der Waals surface area contributed by atoms with E-state index >= 15 is 0 Å². The van der Waals surface area contributed by atoms with Crippen molar-refractivity contribution in [3.63, 3.8) is 0 Å². The van der Waals surface area contributed by atoms with E-state index in [0.29, 0.717) is 11.6 Å². The topological polar surface area (TPSA) is 63.4 Å². The Hall–Kier alpha value is -0.690. The molecule has 4 rings (SSSR count). The molecule has 2 bridgehead atoms. The van der Waals surface area contributed by atoms with Gasteiger partial charge in [0, 0.05) is 15.7 Å². The summed E-state index contributed by atoms with van der Waals surface area (Å²) in [4.78, 5) is 27.0. The normalized spacial score (nSPS) is 42.6. The highest BCUT2D eigenvalue weighted by molar-refractivity contribution is 9.12. The van der Waals surface area contributed by atoms with Crippen molar-refractivity contribution in [2.75, 3.05) is 4.90 Å². The van der Waals surface area contributed by atoms with Crippen molar-refractivity contribution in [3.05, 3.63) is 11.8 Å². The summed E-state index contributed by atoms with van der Waals surface area (Å²) < 4.78 is 4.99. The van der Waals surface area contributed by atoms with Gasteiger partial charge in [-0.2, -0.15) is 0 Å². The monoisotopic (exact) mass is 402 g/mol. The van der Waals surface area contributed by atoms with Gasteiger partial charge in [0.15, 0.2) is 5.82 Å². The zero-order valence-electron chi connectivity index (χ0n) is 10.6. The van der Waals surface area contributed by atoms with Crippen LogP contribution in [-0.4, -0.2) is 26.6 Å². The van der Waals surface area contributed by atoms with Crippen LogP contribution in [0.2, 0.25) is 0 Å². The number of nitrogens with zero attached hydrogens (tertiary/aromatic N) is 2. The van der Waals surface area contributed by atoms with Gasteiger partial charge in [0.25, 0.3) is 0 Å². The van der Waals surface area contributed by atoms with Gasteiger partial charge in [-0.05, 0) is 25.2 Å². The van der Waals surface area contributed by atoms with Gasteiger partial charge in [0.2, 0.25) is 11.8 Å². The van der Waals surface area contributed by atoms with Crippen molar-refractivity contribution in [2.24, 2.45) is 23.7 Å². The number of alkyl halides is 2. The fourth-order valence-electron chi connectivity index (χ4n) is 4.03. The summed E-state index contributed by atoms with van der Waals surface area (Å²) >= 11 is 7.32. The summed E-state index contributed by atoms with van der Waals surface area (Å²) in [5, 5.41) is 3.82. The summed E-state index contributed by atoms with van der Waals surface area (Å²) in [5.41, 5.74) is 0. The molecule has 106 valence electrons. The standard InChI is InChI=1S/C13H12Br2N2O3/c1-4-2-7(16-20-4)17-12(18)8-5-3-6(9(8)13(17)19)11(15)10(5)14/h2,5-6,8-11H,3H2,1H3/t5-,6+,8-,9+,10-,11-/m1/s1. The minimum Gasteiger partial charge on any atom is -0.360 e. The molecule has 3 aliphatic rings. The third-order valence-electron chi connectivity index (χ3n) is 4.83. The fourth-order valence-corrected chi connectivity index (χ4v) is 5.91. The maximum Gasteiger partial charge on any atom is 0.239 e. The summed E-state index contributed by atoms with van der Waals surface area (Å²) in [6, 6.07) is 1.63. The number of halogens is 2. The summed E-state index contributed by atoms with van der Waals surface area (Å²) in [5.74, 6) is 0.716. The number of rotatable bonds is 1. The summed E-state index contributed by atoms with van der Waals surface area (Å²) in [6.45, 7) is 1.75. The molecular formula is C13H12Br2N2O3. The Labute approximate surface area is 132 Å². The lowest BCUT2D eigenvalue weighted by atomic mass is 9.81. The van der Waals surface area contributed by atoms with Crippen molar-refractivity contribution in [1.29, 1.82) is 0 Å². The van der Waals surface area contributed by atoms with Crippen LogP contribution in [0.5, 0.6) is 0 Å². The second kappa shape index (κ2) is 4.16. The van der Waals surface area contributed by atoms with E-state index in [1.165, 1.54) is 4.90 Å². The zero-order chi connectivity index (χ0) is 14.2. The first-order chi connectivity index (χ1) is 9.50. The Morgan fingerprint density at radius 1 is 1.20 bits per heavy atom. The van der Waals surface area contributed by atoms with Crippen LogP contribution in [-0.2, 0) is 9.59 Å². The largest absolute Gasteiger partial charge is 0.360 e. The molecule has 2 saturated carbocycles. The molecule has 0 N–H and O–H groups in total. The number of anilines is 1. The average molecular weight is 404 g/mol. The molecule has 2 amide bonds. The molecule has 2 heterocycles. The molecule has 1 aliphatic heterocycles. The van der Waals surface area contributed by atoms with Gasteiger partial charge in [-0.25, -0.2) is 4.90 Å². The maximum atomic E-state index is 12.6. The van der Waals surface area contributed by atoms with Crippen molar-refractivity contribution >= 4 is 49.5 Å². The predicted molar refractivity (Wildman–Crippen MR) is 77.7 cm³/mol. The molecule has 2 aliphatic carbocycles. The third kappa shape index (κ3) is 1.45. The fraction of sp³-hybridized carbons (Fsp3) is 0.615. The minimum absolute atomic E-state index is 0.121. The lowest BCUT2D eigenvalue weighted by molar-refractivity contribution is -0.123. The zero-order valence-corrected chi connectivity index (χ0v) is 13.8. The number of amides is 2. The second-order valence-electron chi connectivity index (χ2n) is 5.81. The molecule has 6 atom stereocenters. The van der Waals surface area contributed by atoms with E-state index in [4.69, 9.17) is 4.52 Å². The van der Waals surface area contributed by atoms with Crippen LogP contribution in [0.1, 0.15) is 12.2 Å². The molecule has 0 radical (unpaired) electrons. The predicted octanol–water partition coefficient (Wildman–Crippen LogP) is 2.27. The third-order valence-corrected chi connectivity index (χ3v) is 8.04. The molecule has 3 fully saturated rings. The van der Waals surface area contributed by atoms with Crippen molar-refractivity contribution < 1.29 is 14.1 Å². The lowest BCUT2D eigenvalue weighted by Crippen LogP contribution is -2.37. The van der Waals surface area contributed by atoms with Crippen LogP contribution in [0.3, 0.4) is 0 Å². The highest BCUT2D eigenvalue weighted by Crippen LogP contribution is 2.60. The van der Waals surface area contributed by atoms with E-state index in [1.54, 1.807) is 13.0 Å². The Kier molecular flexibility index (Phi) is 2.71. The van der Waals surface area contributed by atoms with E-state index in [0.717, 1.165) is 6.42 Å². The van der Waals surface area contributed by atoms with E-state index in [9.17, 15) is 9.59 Å². The average Bonchev–Trinajstić information content (AvgIpc) is 3.10. The highest BCUT2D eigenvalue weighted by atomic mass is 79.9. The summed E-state index contributed by atoms with van der Waals surface area (Å²) in [7, 11) is 0. The molecule has 5 nitrogen and oxygen atoms in total. The molecule has 1 saturated heterocycles. The van der Waals surface area contributed by atoms with Crippen molar-refractivity contribution in [2.45, 2.75) is 23.0 Å². The van der Waals surface area contributed by atoms with E-state index in [2.05, 4.69) is 37.0 Å². The van der Waals surface area contributed by atoms with E-state index in [1.807, 2.05) is 0 Å². The van der Waals surface area contributed by atoms with Crippen LogP contribution in [0.4, 0.5) is 5.82 Å². The molecule has 0 spiro atoms. The Balaban J connectivity index is 1.74. The summed E-state index contributed by atoms with van der Waals surface area (Å²) in [6.07, 6.45) is 0.935. The highest BCUT2D eigenvalue weighted by Gasteiger charge is 2.66. The van der Waals surface area contributed by atoms with Gasteiger partial charge in [-0.3, -0.25) is 9.59 Å². The van der Waals surface area contributed by atoms with E-state index in [-0.39, 0.29) is 45.1 Å². The van der Waals surface area contributed by atoms with Gasteiger partial charge in [-0.1, -0.05) is 37.0 Å². The lowest BCUT2D eigenvalue weighted by Gasteiger charge is -2.28. The Morgan fingerprint density at radius 2 is 1.75 bits per heavy atom. The van der Waals surface area contributed by atoms with Crippen LogP contribution in [0.25, 0.3) is 0 Å². The molecule has 1 aromatic heterocycles. The molecule has 0 unspecified atom stereocenters. The van der Waals surface area contributed by atoms with Crippen LogP contribution in [0, 0.1) is 30.6 Å². The van der Waals surface area contributed by atoms with E-state index < -0.39 is 0 Å². The minimum atomic E-state index is -0.206. The molecule has 7 heteroatoms. The smallest absolute Gasteiger partial charge is 0.239 e. The number of imide groups is 1. The number of aromatic nitrogens is 1. The van der Waals surface area contributed by atoms with Crippen LogP contribution < -0.4 is 4.90 Å². The van der Waals surface area contributed by atoms with Gasteiger partial charge < -0.3 is 4.52 Å². The molecular weight excluding hydrogens is 392 g/mol. The number of hydrogen-bond donors (Lipinski definition) is 0. The number of carbonyl (C=O) groups excluding carboxylic acids is 2. The number of carbonyl (C=O) groups is 2. The van der Waals surface area contributed by atoms with Crippen molar-refractivity contribution in [3.8, 4) is 0 Å². The van der Waals surface area contributed by atoms with Crippen LogP contribution in [0.15, 0.2) is 10.6 Å². The van der Waals surface area contributed by atoms with Gasteiger partial charge in [0.05, 0.1) is 11.8 Å². The SMILES string of the molecule is Cc1cc(N2C(=O)[C@@H]3[C@H]4C[C@H]([C@@H](Br)[C@@H]4Br)[C@@H]3C2=O)no1. The van der Waals surface area contributed by atoms with Crippen LogP contribution >= 0.6 is 31.9 Å².